The van der Waals surface area contributed by atoms with Crippen molar-refractivity contribution in [3.63, 3.8) is 0 Å². The molecule has 2 N–H and O–H groups in total. The van der Waals surface area contributed by atoms with E-state index in [0.29, 0.717) is 12.3 Å². The van der Waals surface area contributed by atoms with Gasteiger partial charge in [0.05, 0.1) is 0 Å². The van der Waals surface area contributed by atoms with E-state index in [0.717, 1.165) is 12.8 Å². The second-order valence-electron chi connectivity index (χ2n) is 3.62. The topological polar surface area (TPSA) is 66.4 Å². The molecule has 0 aliphatic heterocycles. The second kappa shape index (κ2) is 4.25. The third-order valence-corrected chi connectivity index (χ3v) is 2.47. The molecular formula is C9H15NO3. The highest BCUT2D eigenvalue weighted by atomic mass is 16.4. The van der Waals surface area contributed by atoms with Crippen molar-refractivity contribution < 1.29 is 14.7 Å². The van der Waals surface area contributed by atoms with Gasteiger partial charge in [-0.15, -0.1) is 0 Å². The van der Waals surface area contributed by atoms with Gasteiger partial charge in [-0.3, -0.25) is 4.79 Å². The first kappa shape index (κ1) is 10.0. The van der Waals surface area contributed by atoms with E-state index in [1.807, 2.05) is 0 Å². The van der Waals surface area contributed by atoms with Crippen LogP contribution in [-0.4, -0.2) is 23.0 Å². The maximum Gasteiger partial charge on any atom is 0.326 e. The molecule has 1 saturated carbocycles. The first-order chi connectivity index (χ1) is 6.09. The zero-order chi connectivity index (χ0) is 9.84. The van der Waals surface area contributed by atoms with E-state index in [1.165, 1.54) is 13.3 Å². The van der Waals surface area contributed by atoms with Crippen molar-refractivity contribution >= 4 is 11.9 Å². The van der Waals surface area contributed by atoms with Crippen LogP contribution in [0.15, 0.2) is 0 Å². The number of carboxylic acids is 1. The monoisotopic (exact) mass is 185 g/mol. The molecule has 1 rings (SSSR count). The minimum atomic E-state index is -0.929. The summed E-state index contributed by atoms with van der Waals surface area (Å²) >= 11 is 0. The molecule has 74 valence electrons. The third kappa shape index (κ3) is 3.05. The van der Waals surface area contributed by atoms with Crippen molar-refractivity contribution in [3.8, 4) is 0 Å². The van der Waals surface area contributed by atoms with Crippen molar-refractivity contribution in [2.75, 3.05) is 0 Å². The van der Waals surface area contributed by atoms with Crippen molar-refractivity contribution in [2.24, 2.45) is 5.92 Å². The summed E-state index contributed by atoms with van der Waals surface area (Å²) in [7, 11) is 0. The Kier molecular flexibility index (Phi) is 3.28. The fraction of sp³-hybridized carbons (Fsp3) is 0.778. The Morgan fingerprint density at radius 3 is 2.46 bits per heavy atom. The van der Waals surface area contributed by atoms with Crippen LogP contribution in [0, 0.1) is 5.92 Å². The first-order valence-corrected chi connectivity index (χ1v) is 4.59. The van der Waals surface area contributed by atoms with E-state index in [2.05, 4.69) is 5.32 Å². The standard InChI is InChI=1S/C9H15NO3/c1-6(11)10-8(9(12)13)5-7-3-2-4-7/h7-8H,2-5H2,1H3,(H,10,11)(H,12,13). The summed E-state index contributed by atoms with van der Waals surface area (Å²) in [5.41, 5.74) is 0. The number of hydrogen-bond donors (Lipinski definition) is 2. The van der Waals surface area contributed by atoms with Crippen LogP contribution in [0.2, 0.25) is 0 Å². The van der Waals surface area contributed by atoms with Crippen molar-refractivity contribution in [2.45, 2.75) is 38.6 Å². The highest BCUT2D eigenvalue weighted by molar-refractivity contribution is 5.82. The van der Waals surface area contributed by atoms with Gasteiger partial charge in [0.1, 0.15) is 6.04 Å². The molecule has 4 nitrogen and oxygen atoms in total. The average molecular weight is 185 g/mol. The van der Waals surface area contributed by atoms with Crippen LogP contribution < -0.4 is 5.32 Å². The maximum absolute atomic E-state index is 10.7. The van der Waals surface area contributed by atoms with Crippen LogP contribution in [0.3, 0.4) is 0 Å². The van der Waals surface area contributed by atoms with Gasteiger partial charge < -0.3 is 10.4 Å². The number of aliphatic carboxylic acids is 1. The largest absolute Gasteiger partial charge is 0.480 e. The normalized spacial score (nSPS) is 18.8. The van der Waals surface area contributed by atoms with E-state index < -0.39 is 12.0 Å². The molecule has 1 aliphatic carbocycles. The SMILES string of the molecule is CC(=O)NC(CC1CCC1)C(=O)O. The Balaban J connectivity index is 2.36. The lowest BCUT2D eigenvalue weighted by atomic mass is 9.81. The molecule has 4 heteroatoms. The van der Waals surface area contributed by atoms with Crippen molar-refractivity contribution in [1.82, 2.24) is 5.32 Å². The quantitative estimate of drug-likeness (QED) is 0.679. The zero-order valence-electron chi connectivity index (χ0n) is 7.75. The molecule has 0 aromatic heterocycles. The molecule has 0 heterocycles. The van der Waals surface area contributed by atoms with E-state index in [1.54, 1.807) is 0 Å². The van der Waals surface area contributed by atoms with E-state index in [9.17, 15) is 9.59 Å². The Hall–Kier alpha value is -1.06. The number of rotatable bonds is 4. The molecule has 0 bridgehead atoms. The summed E-state index contributed by atoms with van der Waals surface area (Å²) in [5.74, 6) is -0.707. The molecule has 13 heavy (non-hydrogen) atoms. The lowest BCUT2D eigenvalue weighted by Crippen LogP contribution is -2.41. The summed E-state index contributed by atoms with van der Waals surface area (Å²) in [5, 5.41) is 11.2. The van der Waals surface area contributed by atoms with Gasteiger partial charge in [-0.25, -0.2) is 4.79 Å². The van der Waals surface area contributed by atoms with Crippen LogP contribution in [0.1, 0.15) is 32.6 Å². The summed E-state index contributed by atoms with van der Waals surface area (Å²) in [4.78, 5) is 21.4. The number of carbonyl (C=O) groups excluding carboxylic acids is 1. The average Bonchev–Trinajstić information content (AvgIpc) is 1.92. The van der Waals surface area contributed by atoms with E-state index in [-0.39, 0.29) is 5.91 Å². The van der Waals surface area contributed by atoms with Crippen LogP contribution in [0.4, 0.5) is 0 Å². The van der Waals surface area contributed by atoms with Crippen LogP contribution in [0.5, 0.6) is 0 Å². The highest BCUT2D eigenvalue weighted by Gasteiger charge is 2.26. The van der Waals surface area contributed by atoms with E-state index >= 15 is 0 Å². The highest BCUT2D eigenvalue weighted by Crippen LogP contribution is 2.30. The van der Waals surface area contributed by atoms with Gasteiger partial charge in [-0.2, -0.15) is 0 Å². The first-order valence-electron chi connectivity index (χ1n) is 4.59. The fourth-order valence-corrected chi connectivity index (χ4v) is 1.53. The molecule has 0 aromatic carbocycles. The van der Waals surface area contributed by atoms with Crippen LogP contribution >= 0.6 is 0 Å². The van der Waals surface area contributed by atoms with Gasteiger partial charge in [0.25, 0.3) is 0 Å². The van der Waals surface area contributed by atoms with Gasteiger partial charge in [0.15, 0.2) is 0 Å². The predicted octanol–water partition coefficient (Wildman–Crippen LogP) is 0.766. The summed E-state index contributed by atoms with van der Waals surface area (Å²) in [6.07, 6.45) is 3.97. The molecule has 1 atom stereocenters. The Bertz CT molecular complexity index is 211. The number of carboxylic acid groups (broad SMARTS) is 1. The Morgan fingerprint density at radius 1 is 1.54 bits per heavy atom. The molecule has 0 saturated heterocycles. The number of amides is 1. The predicted molar refractivity (Wildman–Crippen MR) is 47.2 cm³/mol. The van der Waals surface area contributed by atoms with Gasteiger partial charge in [-0.1, -0.05) is 19.3 Å². The summed E-state index contributed by atoms with van der Waals surface area (Å²) < 4.78 is 0. The van der Waals surface area contributed by atoms with Crippen LogP contribution in [0.25, 0.3) is 0 Å². The van der Waals surface area contributed by atoms with Crippen LogP contribution in [-0.2, 0) is 9.59 Å². The van der Waals surface area contributed by atoms with Gasteiger partial charge in [0, 0.05) is 6.92 Å². The number of carbonyl (C=O) groups is 2. The maximum atomic E-state index is 10.7. The van der Waals surface area contributed by atoms with Crippen molar-refractivity contribution in [1.29, 1.82) is 0 Å². The lowest BCUT2D eigenvalue weighted by molar-refractivity contribution is -0.142. The van der Waals surface area contributed by atoms with E-state index in [4.69, 9.17) is 5.11 Å². The smallest absolute Gasteiger partial charge is 0.326 e. The number of hydrogen-bond acceptors (Lipinski definition) is 2. The molecule has 0 aromatic rings. The number of nitrogens with one attached hydrogen (secondary N) is 1. The van der Waals surface area contributed by atoms with Crippen molar-refractivity contribution in [3.05, 3.63) is 0 Å². The molecule has 1 amide bonds. The fourth-order valence-electron chi connectivity index (χ4n) is 1.53. The minimum Gasteiger partial charge on any atom is -0.480 e. The molecule has 1 aliphatic rings. The van der Waals surface area contributed by atoms with Gasteiger partial charge >= 0.3 is 5.97 Å². The Labute approximate surface area is 77.3 Å². The summed E-state index contributed by atoms with van der Waals surface area (Å²) in [6, 6.07) is -0.692. The Morgan fingerprint density at radius 2 is 2.15 bits per heavy atom. The van der Waals surface area contributed by atoms with Gasteiger partial charge in [-0.05, 0) is 12.3 Å². The second-order valence-corrected chi connectivity index (χ2v) is 3.62. The van der Waals surface area contributed by atoms with Gasteiger partial charge in [0.2, 0.25) is 5.91 Å². The molecule has 1 fully saturated rings. The molecule has 1 unspecified atom stereocenters. The minimum absolute atomic E-state index is 0.272. The molecule has 0 radical (unpaired) electrons. The molecule has 0 spiro atoms. The zero-order valence-corrected chi connectivity index (χ0v) is 7.75. The summed E-state index contributed by atoms with van der Waals surface area (Å²) in [6.45, 7) is 1.34. The molecular weight excluding hydrogens is 170 g/mol. The third-order valence-electron chi connectivity index (χ3n) is 2.47. The lowest BCUT2D eigenvalue weighted by Gasteiger charge is -2.28.